The Morgan fingerprint density at radius 3 is 2.36 bits per heavy atom. The molecule has 0 spiro atoms. The summed E-state index contributed by atoms with van der Waals surface area (Å²) in [4.78, 5) is 13.2. The number of benzene rings is 2. The summed E-state index contributed by atoms with van der Waals surface area (Å²) in [5.41, 5.74) is 0.520. The predicted molar refractivity (Wildman–Crippen MR) is 115 cm³/mol. The molecule has 0 aliphatic heterocycles. The number of nitrogens with one attached hydrogen (secondary N) is 1. The number of hydrogen-bond acceptors (Lipinski definition) is 5. The zero-order valence-corrected chi connectivity index (χ0v) is 18.3. The summed E-state index contributed by atoms with van der Waals surface area (Å²) in [6.07, 6.45) is 0.466. The smallest absolute Gasteiger partial charge is 0.260 e. The molecule has 2 rings (SSSR count). The summed E-state index contributed by atoms with van der Waals surface area (Å²) in [6, 6.07) is 14.1. The number of sulfonamides is 1. The highest BCUT2D eigenvalue weighted by Crippen LogP contribution is 2.21. The van der Waals surface area contributed by atoms with Gasteiger partial charge in [-0.25, -0.2) is 8.42 Å². The van der Waals surface area contributed by atoms with E-state index in [0.29, 0.717) is 23.0 Å². The molecule has 1 amide bonds. The van der Waals surface area contributed by atoms with Crippen LogP contribution in [-0.2, 0) is 14.8 Å². The highest BCUT2D eigenvalue weighted by molar-refractivity contribution is 7.99. The van der Waals surface area contributed by atoms with Crippen molar-refractivity contribution in [2.75, 3.05) is 29.9 Å². The first-order valence-electron chi connectivity index (χ1n) is 8.53. The molecule has 0 bridgehead atoms. The van der Waals surface area contributed by atoms with E-state index >= 15 is 0 Å². The second-order valence-electron chi connectivity index (χ2n) is 6.08. The van der Waals surface area contributed by atoms with Crippen LogP contribution in [0, 0.1) is 0 Å². The van der Waals surface area contributed by atoms with Crippen LogP contribution in [0.15, 0.2) is 53.4 Å². The van der Waals surface area contributed by atoms with Crippen LogP contribution in [-0.4, -0.2) is 46.0 Å². The maximum atomic E-state index is 12.2. The fourth-order valence-corrected chi connectivity index (χ4v) is 3.60. The van der Waals surface area contributed by atoms with Crippen LogP contribution in [0.5, 0.6) is 5.75 Å². The molecule has 0 heterocycles. The quantitative estimate of drug-likeness (QED) is 0.475. The Labute approximate surface area is 175 Å². The van der Waals surface area contributed by atoms with Gasteiger partial charge >= 0.3 is 0 Å². The van der Waals surface area contributed by atoms with Crippen molar-refractivity contribution < 1.29 is 17.9 Å². The summed E-state index contributed by atoms with van der Waals surface area (Å²) in [5, 5.41) is 3.53. The van der Waals surface area contributed by atoms with Gasteiger partial charge in [0.15, 0.2) is 6.10 Å². The van der Waals surface area contributed by atoms with Gasteiger partial charge in [-0.05, 0) is 55.5 Å². The molecule has 1 N–H and O–H groups in total. The maximum absolute atomic E-state index is 12.2. The standard InChI is InChI=1S/C19H23ClN2O4S2/c1-14(19(23)21-12-13-27-18-10-4-15(20)5-11-18)26-17-8-6-16(7-9-17)22(2)28(3,24)25/h4-11,14H,12-13H2,1-3H3,(H,21,23). The molecule has 2 aromatic rings. The molecule has 9 heteroatoms. The summed E-state index contributed by atoms with van der Waals surface area (Å²) >= 11 is 7.48. The minimum absolute atomic E-state index is 0.214. The Morgan fingerprint density at radius 2 is 1.79 bits per heavy atom. The van der Waals surface area contributed by atoms with E-state index in [2.05, 4.69) is 5.32 Å². The van der Waals surface area contributed by atoms with Crippen molar-refractivity contribution in [3.8, 4) is 5.75 Å². The Balaban J connectivity index is 1.77. The Bertz CT molecular complexity index is 887. The summed E-state index contributed by atoms with van der Waals surface area (Å²) in [7, 11) is -1.84. The van der Waals surface area contributed by atoms with Crippen LogP contribution in [0.2, 0.25) is 5.02 Å². The van der Waals surface area contributed by atoms with Crippen LogP contribution in [0.25, 0.3) is 0 Å². The second kappa shape index (κ2) is 10.0. The van der Waals surface area contributed by atoms with Crippen molar-refractivity contribution in [3.63, 3.8) is 0 Å². The zero-order valence-electron chi connectivity index (χ0n) is 15.9. The summed E-state index contributed by atoms with van der Waals surface area (Å²) in [6.45, 7) is 2.18. The molecule has 152 valence electrons. The SMILES string of the molecule is CC(Oc1ccc(N(C)S(C)(=O)=O)cc1)C(=O)NCCSc1ccc(Cl)cc1. The van der Waals surface area contributed by atoms with E-state index < -0.39 is 16.1 Å². The van der Waals surface area contributed by atoms with Gasteiger partial charge in [0.25, 0.3) is 5.91 Å². The average Bonchev–Trinajstić information content (AvgIpc) is 2.65. The third-order valence-corrected chi connectivity index (χ3v) is 6.34. The Hall–Kier alpha value is -1.90. The number of carbonyl (C=O) groups is 1. The Morgan fingerprint density at radius 1 is 1.18 bits per heavy atom. The molecule has 0 radical (unpaired) electrons. The molecule has 28 heavy (non-hydrogen) atoms. The van der Waals surface area contributed by atoms with Gasteiger partial charge in [-0.3, -0.25) is 9.10 Å². The van der Waals surface area contributed by atoms with Gasteiger partial charge in [-0.15, -0.1) is 11.8 Å². The number of halogens is 1. The Kier molecular flexibility index (Phi) is 8.03. The van der Waals surface area contributed by atoms with Gasteiger partial charge in [-0.1, -0.05) is 11.6 Å². The van der Waals surface area contributed by atoms with Crippen LogP contribution in [0.4, 0.5) is 5.69 Å². The van der Waals surface area contributed by atoms with Crippen LogP contribution in [0.3, 0.4) is 0 Å². The fourth-order valence-electron chi connectivity index (χ4n) is 2.20. The van der Waals surface area contributed by atoms with E-state index in [9.17, 15) is 13.2 Å². The first-order chi connectivity index (χ1) is 13.2. The molecule has 0 fully saturated rings. The molecular weight excluding hydrogens is 420 g/mol. The van der Waals surface area contributed by atoms with Crippen LogP contribution < -0.4 is 14.4 Å². The topological polar surface area (TPSA) is 75.7 Å². The van der Waals surface area contributed by atoms with E-state index in [0.717, 1.165) is 16.9 Å². The lowest BCUT2D eigenvalue weighted by Gasteiger charge is -2.18. The molecule has 1 atom stereocenters. The van der Waals surface area contributed by atoms with E-state index in [-0.39, 0.29) is 5.91 Å². The van der Waals surface area contributed by atoms with Gasteiger partial charge in [0.05, 0.1) is 11.9 Å². The number of nitrogens with zero attached hydrogens (tertiary/aromatic N) is 1. The average molecular weight is 443 g/mol. The minimum atomic E-state index is -3.32. The molecule has 0 aromatic heterocycles. The largest absolute Gasteiger partial charge is 0.481 e. The van der Waals surface area contributed by atoms with Crippen LogP contribution >= 0.6 is 23.4 Å². The van der Waals surface area contributed by atoms with E-state index in [1.54, 1.807) is 43.0 Å². The molecule has 0 saturated carbocycles. The zero-order chi connectivity index (χ0) is 20.7. The highest BCUT2D eigenvalue weighted by atomic mass is 35.5. The molecule has 1 unspecified atom stereocenters. The number of ether oxygens (including phenoxy) is 1. The number of amides is 1. The number of thioether (sulfide) groups is 1. The lowest BCUT2D eigenvalue weighted by Crippen LogP contribution is -2.37. The number of carbonyl (C=O) groups excluding carboxylic acids is 1. The van der Waals surface area contributed by atoms with Gasteiger partial charge in [0.1, 0.15) is 5.75 Å². The van der Waals surface area contributed by atoms with Gasteiger partial charge < -0.3 is 10.1 Å². The lowest BCUT2D eigenvalue weighted by molar-refractivity contribution is -0.127. The van der Waals surface area contributed by atoms with Crippen molar-refractivity contribution in [1.29, 1.82) is 0 Å². The molecule has 0 saturated heterocycles. The second-order valence-corrected chi connectivity index (χ2v) is 9.70. The van der Waals surface area contributed by atoms with Crippen molar-refractivity contribution >= 4 is 45.0 Å². The van der Waals surface area contributed by atoms with Crippen LogP contribution in [0.1, 0.15) is 6.92 Å². The maximum Gasteiger partial charge on any atom is 0.260 e. The fraction of sp³-hybridized carbons (Fsp3) is 0.316. The highest BCUT2D eigenvalue weighted by Gasteiger charge is 2.15. The van der Waals surface area contributed by atoms with Crippen molar-refractivity contribution in [2.45, 2.75) is 17.9 Å². The predicted octanol–water partition coefficient (Wildman–Crippen LogP) is 3.41. The number of rotatable bonds is 9. The van der Waals surface area contributed by atoms with Gasteiger partial charge in [0.2, 0.25) is 10.0 Å². The molecule has 2 aromatic carbocycles. The molecular formula is C19H23ClN2O4S2. The first-order valence-corrected chi connectivity index (χ1v) is 11.7. The first kappa shape index (κ1) is 22.4. The van der Waals surface area contributed by atoms with Crippen molar-refractivity contribution in [1.82, 2.24) is 5.32 Å². The molecule has 6 nitrogen and oxygen atoms in total. The van der Waals surface area contributed by atoms with Gasteiger partial charge in [-0.2, -0.15) is 0 Å². The normalized spacial score (nSPS) is 12.3. The summed E-state index contributed by atoms with van der Waals surface area (Å²) < 4.78 is 29.9. The van der Waals surface area contributed by atoms with Crippen molar-refractivity contribution in [3.05, 3.63) is 53.6 Å². The van der Waals surface area contributed by atoms with E-state index in [1.165, 1.54) is 11.4 Å². The summed E-state index contributed by atoms with van der Waals surface area (Å²) in [5.74, 6) is 1.00. The van der Waals surface area contributed by atoms with Gasteiger partial charge in [0, 0.05) is 29.3 Å². The van der Waals surface area contributed by atoms with E-state index in [1.807, 2.05) is 24.3 Å². The van der Waals surface area contributed by atoms with E-state index in [4.69, 9.17) is 16.3 Å². The number of hydrogen-bond donors (Lipinski definition) is 1. The number of anilines is 1. The molecule has 0 aliphatic rings. The third-order valence-electron chi connectivity index (χ3n) is 3.86. The lowest BCUT2D eigenvalue weighted by atomic mass is 10.3. The third kappa shape index (κ3) is 6.92. The van der Waals surface area contributed by atoms with Crippen molar-refractivity contribution in [2.24, 2.45) is 0 Å². The molecule has 0 aliphatic carbocycles. The minimum Gasteiger partial charge on any atom is -0.481 e. The monoisotopic (exact) mass is 442 g/mol.